The SMILES string of the molecule is CN(C)CCNC1(CCl)CCC1. The summed E-state index contributed by atoms with van der Waals surface area (Å²) in [5.74, 6) is 0.764. The Bertz CT molecular complexity index is 127. The van der Waals surface area contributed by atoms with Gasteiger partial charge in [0.1, 0.15) is 0 Å². The maximum Gasteiger partial charge on any atom is 0.0406 e. The van der Waals surface area contributed by atoms with Gasteiger partial charge in [-0.3, -0.25) is 0 Å². The summed E-state index contributed by atoms with van der Waals surface area (Å²) in [5, 5.41) is 3.54. The van der Waals surface area contributed by atoms with Crippen LogP contribution in [0.4, 0.5) is 0 Å². The van der Waals surface area contributed by atoms with E-state index in [-0.39, 0.29) is 5.54 Å². The minimum absolute atomic E-state index is 0.289. The maximum absolute atomic E-state index is 5.90. The molecule has 1 rings (SSSR count). The molecule has 72 valence electrons. The number of likely N-dealkylation sites (N-methyl/N-ethyl adjacent to an activating group) is 1. The molecular formula is C9H19ClN2. The van der Waals surface area contributed by atoms with Gasteiger partial charge in [0.25, 0.3) is 0 Å². The second-order valence-corrected chi connectivity index (χ2v) is 4.26. The summed E-state index contributed by atoms with van der Waals surface area (Å²) in [6.45, 7) is 2.15. The third-order valence-corrected chi connectivity index (χ3v) is 3.14. The Morgan fingerprint density at radius 1 is 1.42 bits per heavy atom. The predicted octanol–water partition coefficient (Wildman–Crippen LogP) is 1.30. The predicted molar refractivity (Wildman–Crippen MR) is 53.9 cm³/mol. The fourth-order valence-corrected chi connectivity index (χ4v) is 1.87. The van der Waals surface area contributed by atoms with E-state index in [1.807, 2.05) is 0 Å². The molecule has 0 aromatic rings. The molecule has 0 aliphatic heterocycles. The summed E-state index contributed by atoms with van der Waals surface area (Å²) in [7, 11) is 4.19. The third-order valence-electron chi connectivity index (χ3n) is 2.63. The summed E-state index contributed by atoms with van der Waals surface area (Å²) in [4.78, 5) is 2.19. The van der Waals surface area contributed by atoms with E-state index in [0.29, 0.717) is 0 Å². The van der Waals surface area contributed by atoms with Crippen LogP contribution in [0, 0.1) is 0 Å². The lowest BCUT2D eigenvalue weighted by atomic mass is 9.78. The van der Waals surface area contributed by atoms with Crippen molar-refractivity contribution in [3.05, 3.63) is 0 Å². The quantitative estimate of drug-likeness (QED) is 0.658. The highest BCUT2D eigenvalue weighted by molar-refractivity contribution is 6.18. The molecule has 1 N–H and O–H groups in total. The first-order chi connectivity index (χ1) is 5.68. The van der Waals surface area contributed by atoms with Crippen LogP contribution in [0.15, 0.2) is 0 Å². The largest absolute Gasteiger partial charge is 0.309 e. The molecule has 2 nitrogen and oxygen atoms in total. The molecule has 3 heteroatoms. The molecule has 12 heavy (non-hydrogen) atoms. The van der Waals surface area contributed by atoms with Gasteiger partial charge < -0.3 is 10.2 Å². The van der Waals surface area contributed by atoms with Crippen LogP contribution in [0.3, 0.4) is 0 Å². The minimum Gasteiger partial charge on any atom is -0.309 e. The number of halogens is 1. The van der Waals surface area contributed by atoms with Crippen LogP contribution in [-0.2, 0) is 0 Å². The van der Waals surface area contributed by atoms with Gasteiger partial charge in [-0.1, -0.05) is 0 Å². The van der Waals surface area contributed by atoms with E-state index in [2.05, 4.69) is 24.3 Å². The van der Waals surface area contributed by atoms with Crippen molar-refractivity contribution in [2.45, 2.75) is 24.8 Å². The van der Waals surface area contributed by atoms with Gasteiger partial charge in [0.05, 0.1) is 0 Å². The summed E-state index contributed by atoms with van der Waals surface area (Å²) in [6, 6.07) is 0. The van der Waals surface area contributed by atoms with E-state index < -0.39 is 0 Å². The molecule has 0 spiro atoms. The maximum atomic E-state index is 5.90. The van der Waals surface area contributed by atoms with Crippen molar-refractivity contribution in [2.75, 3.05) is 33.1 Å². The van der Waals surface area contributed by atoms with Crippen LogP contribution in [0.1, 0.15) is 19.3 Å². The fourth-order valence-electron chi connectivity index (χ4n) is 1.51. The Hall–Kier alpha value is 0.210. The molecule has 1 saturated carbocycles. The minimum atomic E-state index is 0.289. The molecule has 0 bridgehead atoms. The molecule has 0 saturated heterocycles. The average Bonchev–Trinajstić information content (AvgIpc) is 1.94. The zero-order chi connectivity index (χ0) is 9.03. The number of alkyl halides is 1. The molecule has 1 aliphatic carbocycles. The lowest BCUT2D eigenvalue weighted by Gasteiger charge is -2.41. The standard InChI is InChI=1S/C9H19ClN2/c1-12(2)7-6-11-9(8-10)4-3-5-9/h11H,3-8H2,1-2H3. The molecule has 0 amide bonds. The summed E-state index contributed by atoms with van der Waals surface area (Å²) in [5.41, 5.74) is 0.289. The second kappa shape index (κ2) is 4.45. The summed E-state index contributed by atoms with van der Waals surface area (Å²) >= 11 is 5.90. The molecule has 0 heterocycles. The Morgan fingerprint density at radius 3 is 2.42 bits per heavy atom. The number of hydrogen-bond donors (Lipinski definition) is 1. The number of nitrogens with one attached hydrogen (secondary N) is 1. The van der Waals surface area contributed by atoms with Crippen LogP contribution in [0.5, 0.6) is 0 Å². The van der Waals surface area contributed by atoms with Crippen molar-refractivity contribution in [1.29, 1.82) is 0 Å². The normalized spacial score (nSPS) is 21.0. The van der Waals surface area contributed by atoms with Gasteiger partial charge in [0.15, 0.2) is 0 Å². The van der Waals surface area contributed by atoms with Crippen molar-refractivity contribution in [1.82, 2.24) is 10.2 Å². The van der Waals surface area contributed by atoms with Crippen molar-refractivity contribution in [3.63, 3.8) is 0 Å². The number of rotatable bonds is 5. The fraction of sp³-hybridized carbons (Fsp3) is 1.00. The smallest absolute Gasteiger partial charge is 0.0406 e. The zero-order valence-corrected chi connectivity index (χ0v) is 8.82. The lowest BCUT2D eigenvalue weighted by Crippen LogP contribution is -2.54. The van der Waals surface area contributed by atoms with E-state index in [1.54, 1.807) is 0 Å². The Morgan fingerprint density at radius 2 is 2.08 bits per heavy atom. The van der Waals surface area contributed by atoms with Crippen molar-refractivity contribution in [2.24, 2.45) is 0 Å². The first kappa shape index (κ1) is 10.3. The molecule has 0 aromatic carbocycles. The van der Waals surface area contributed by atoms with Gasteiger partial charge in [0, 0.05) is 24.5 Å². The summed E-state index contributed by atoms with van der Waals surface area (Å²) < 4.78 is 0. The third kappa shape index (κ3) is 2.61. The van der Waals surface area contributed by atoms with Crippen molar-refractivity contribution in [3.8, 4) is 0 Å². The molecule has 0 aromatic heterocycles. The van der Waals surface area contributed by atoms with Gasteiger partial charge >= 0.3 is 0 Å². The topological polar surface area (TPSA) is 15.3 Å². The highest BCUT2D eigenvalue weighted by Gasteiger charge is 2.34. The second-order valence-electron chi connectivity index (χ2n) is 4.00. The Kier molecular flexibility index (Phi) is 3.81. The van der Waals surface area contributed by atoms with Gasteiger partial charge in [-0.2, -0.15) is 0 Å². The highest BCUT2D eigenvalue weighted by Crippen LogP contribution is 2.32. The molecule has 0 unspecified atom stereocenters. The first-order valence-electron chi connectivity index (χ1n) is 4.64. The van der Waals surface area contributed by atoms with Crippen LogP contribution < -0.4 is 5.32 Å². The van der Waals surface area contributed by atoms with Crippen molar-refractivity contribution < 1.29 is 0 Å². The van der Waals surface area contributed by atoms with Gasteiger partial charge in [-0.05, 0) is 33.4 Å². The molecule has 1 aliphatic rings. The summed E-state index contributed by atoms with van der Waals surface area (Å²) in [6.07, 6.45) is 3.84. The highest BCUT2D eigenvalue weighted by atomic mass is 35.5. The lowest BCUT2D eigenvalue weighted by molar-refractivity contribution is 0.206. The van der Waals surface area contributed by atoms with E-state index in [9.17, 15) is 0 Å². The average molecular weight is 191 g/mol. The first-order valence-corrected chi connectivity index (χ1v) is 5.18. The van der Waals surface area contributed by atoms with E-state index in [1.165, 1.54) is 19.3 Å². The van der Waals surface area contributed by atoms with E-state index in [4.69, 9.17) is 11.6 Å². The van der Waals surface area contributed by atoms with Gasteiger partial charge in [-0.15, -0.1) is 11.6 Å². The Balaban J connectivity index is 2.12. The van der Waals surface area contributed by atoms with Crippen molar-refractivity contribution >= 4 is 11.6 Å². The van der Waals surface area contributed by atoms with E-state index in [0.717, 1.165) is 19.0 Å². The molecule has 0 atom stereocenters. The molecule has 0 radical (unpaired) electrons. The number of hydrogen-bond acceptors (Lipinski definition) is 2. The Labute approximate surface area is 80.3 Å². The van der Waals surface area contributed by atoms with Gasteiger partial charge in [-0.25, -0.2) is 0 Å². The van der Waals surface area contributed by atoms with Crippen LogP contribution in [0.25, 0.3) is 0 Å². The zero-order valence-electron chi connectivity index (χ0n) is 8.07. The van der Waals surface area contributed by atoms with Crippen LogP contribution in [-0.4, -0.2) is 43.5 Å². The molecule has 1 fully saturated rings. The van der Waals surface area contributed by atoms with Crippen LogP contribution >= 0.6 is 11.6 Å². The van der Waals surface area contributed by atoms with Crippen LogP contribution in [0.2, 0.25) is 0 Å². The molecular weight excluding hydrogens is 172 g/mol. The van der Waals surface area contributed by atoms with Gasteiger partial charge in [0.2, 0.25) is 0 Å². The monoisotopic (exact) mass is 190 g/mol. The van der Waals surface area contributed by atoms with E-state index >= 15 is 0 Å². The number of nitrogens with zero attached hydrogens (tertiary/aromatic N) is 1.